The molecule has 1 atom stereocenters. The van der Waals surface area contributed by atoms with Gasteiger partial charge in [0.05, 0.1) is 11.0 Å². The Hall–Kier alpha value is -3.40. The van der Waals surface area contributed by atoms with Crippen LogP contribution in [0.2, 0.25) is 0 Å². The van der Waals surface area contributed by atoms with Gasteiger partial charge in [0.1, 0.15) is 0 Å². The maximum Gasteiger partial charge on any atom is 0.167 e. The summed E-state index contributed by atoms with van der Waals surface area (Å²) in [5.41, 5.74) is 7.28. The smallest absolute Gasteiger partial charge is 0.167 e. The third-order valence-electron chi connectivity index (χ3n) is 7.52. The van der Waals surface area contributed by atoms with Gasteiger partial charge in [-0.25, -0.2) is 0 Å². The Morgan fingerprint density at radius 2 is 1.67 bits per heavy atom. The molecule has 1 saturated carbocycles. The normalized spacial score (nSPS) is 14.5. The summed E-state index contributed by atoms with van der Waals surface area (Å²) in [5.74, 6) is 0.410. The molecule has 0 saturated heterocycles. The Morgan fingerprint density at radius 3 is 2.36 bits per heavy atom. The van der Waals surface area contributed by atoms with E-state index in [9.17, 15) is 9.59 Å². The van der Waals surface area contributed by atoms with E-state index >= 15 is 0 Å². The summed E-state index contributed by atoms with van der Waals surface area (Å²) in [5, 5.41) is 1.81. The lowest BCUT2D eigenvalue weighted by Gasteiger charge is -2.18. The number of hydrogen-bond donors (Lipinski definition) is 0. The molecule has 2 aromatic carbocycles. The molecule has 1 aliphatic rings. The highest BCUT2D eigenvalue weighted by molar-refractivity contribution is 6.10. The van der Waals surface area contributed by atoms with Gasteiger partial charge in [0.15, 0.2) is 11.6 Å². The molecule has 4 aromatic rings. The minimum Gasteiger partial charge on any atom is -0.294 e. The van der Waals surface area contributed by atoms with E-state index in [-0.39, 0.29) is 23.4 Å². The molecule has 4 nitrogen and oxygen atoms in total. The number of benzene rings is 2. The van der Waals surface area contributed by atoms with Crippen molar-refractivity contribution < 1.29 is 9.59 Å². The van der Waals surface area contributed by atoms with Crippen LogP contribution >= 0.6 is 0 Å². The van der Waals surface area contributed by atoms with Crippen molar-refractivity contribution in [3.63, 3.8) is 0 Å². The highest BCUT2D eigenvalue weighted by Crippen LogP contribution is 2.41. The number of ketones is 2. The summed E-state index contributed by atoms with van der Waals surface area (Å²) in [6.45, 7) is 10.00. The maximum absolute atomic E-state index is 13.9. The standard InChI is InChI=1S/C32H34N2O2/c1-6-26-20(5)29(24-11-7-8-13-27(24)33-26)32(36)19(4)16-22-10-9-12-23-25(31(35)18(2)3)17-28(21-14-15-21)34-30(22)23/h7-13,17-19,21H,6,14-16H2,1-5H3. The summed E-state index contributed by atoms with van der Waals surface area (Å²) in [6.07, 6.45) is 3.61. The Labute approximate surface area is 213 Å². The Bertz CT molecular complexity index is 1500. The van der Waals surface area contributed by atoms with Crippen LogP contribution in [0.3, 0.4) is 0 Å². The zero-order chi connectivity index (χ0) is 25.6. The molecule has 2 heterocycles. The van der Waals surface area contributed by atoms with Crippen molar-refractivity contribution in [2.75, 3.05) is 0 Å². The molecule has 0 spiro atoms. The predicted molar refractivity (Wildman–Crippen MR) is 146 cm³/mol. The van der Waals surface area contributed by atoms with Gasteiger partial charge in [0.2, 0.25) is 0 Å². The van der Waals surface area contributed by atoms with Crippen molar-refractivity contribution in [3.05, 3.63) is 82.2 Å². The second-order valence-corrected chi connectivity index (χ2v) is 10.6. The van der Waals surface area contributed by atoms with E-state index in [0.29, 0.717) is 12.3 Å². The van der Waals surface area contributed by atoms with Crippen molar-refractivity contribution in [1.82, 2.24) is 9.97 Å². The highest BCUT2D eigenvalue weighted by atomic mass is 16.1. The second kappa shape index (κ2) is 9.57. The van der Waals surface area contributed by atoms with Crippen LogP contribution in [0, 0.1) is 18.8 Å². The first kappa shape index (κ1) is 24.3. The molecule has 4 heteroatoms. The Morgan fingerprint density at radius 1 is 0.944 bits per heavy atom. The first-order valence-electron chi connectivity index (χ1n) is 13.2. The van der Waals surface area contributed by atoms with Crippen molar-refractivity contribution in [2.45, 2.75) is 66.2 Å². The number of nitrogens with zero attached hydrogens (tertiary/aromatic N) is 2. The zero-order valence-corrected chi connectivity index (χ0v) is 21.9. The van der Waals surface area contributed by atoms with Crippen LogP contribution in [0.25, 0.3) is 21.8 Å². The Balaban J connectivity index is 1.58. The van der Waals surface area contributed by atoms with Gasteiger partial charge in [-0.1, -0.05) is 64.1 Å². The van der Waals surface area contributed by atoms with E-state index in [0.717, 1.165) is 74.7 Å². The number of para-hydroxylation sites is 2. The van der Waals surface area contributed by atoms with Crippen LogP contribution in [0.5, 0.6) is 0 Å². The lowest BCUT2D eigenvalue weighted by atomic mass is 9.87. The fraction of sp³-hybridized carbons (Fsp3) is 0.375. The lowest BCUT2D eigenvalue weighted by Crippen LogP contribution is -2.18. The van der Waals surface area contributed by atoms with Crippen LogP contribution in [0.15, 0.2) is 48.5 Å². The highest BCUT2D eigenvalue weighted by Gasteiger charge is 2.29. The molecule has 0 N–H and O–H groups in total. The molecule has 0 amide bonds. The van der Waals surface area contributed by atoms with Gasteiger partial charge in [0.25, 0.3) is 0 Å². The van der Waals surface area contributed by atoms with Crippen LogP contribution in [-0.4, -0.2) is 21.5 Å². The minimum absolute atomic E-state index is 0.0810. The summed E-state index contributed by atoms with van der Waals surface area (Å²) >= 11 is 0. The molecule has 1 fully saturated rings. The second-order valence-electron chi connectivity index (χ2n) is 10.6. The van der Waals surface area contributed by atoms with E-state index in [1.165, 1.54) is 0 Å². The molecular formula is C32H34N2O2. The average Bonchev–Trinajstić information content (AvgIpc) is 3.73. The SMILES string of the molecule is CCc1nc2ccccc2c(C(=O)C(C)Cc2cccc3c(C(=O)C(C)C)cc(C4CC4)nc23)c1C. The number of carbonyl (C=O) groups is 2. The summed E-state index contributed by atoms with van der Waals surface area (Å²) in [7, 11) is 0. The lowest BCUT2D eigenvalue weighted by molar-refractivity contribution is 0.0926. The van der Waals surface area contributed by atoms with Crippen LogP contribution in [0.4, 0.5) is 0 Å². The average molecular weight is 479 g/mol. The third-order valence-corrected chi connectivity index (χ3v) is 7.52. The molecular weight excluding hydrogens is 444 g/mol. The largest absolute Gasteiger partial charge is 0.294 e. The molecule has 184 valence electrons. The number of pyridine rings is 2. The molecule has 0 aliphatic heterocycles. The van der Waals surface area contributed by atoms with Gasteiger partial charge in [-0.3, -0.25) is 19.6 Å². The fourth-order valence-electron chi connectivity index (χ4n) is 5.28. The van der Waals surface area contributed by atoms with Crippen LogP contribution < -0.4 is 0 Å². The molecule has 1 aliphatic carbocycles. The van der Waals surface area contributed by atoms with Crippen molar-refractivity contribution in [2.24, 2.45) is 11.8 Å². The van der Waals surface area contributed by atoms with Crippen LogP contribution in [-0.2, 0) is 12.8 Å². The molecule has 2 aromatic heterocycles. The quantitative estimate of drug-likeness (QED) is 0.247. The molecule has 5 rings (SSSR count). The zero-order valence-electron chi connectivity index (χ0n) is 21.9. The Kier molecular flexibility index (Phi) is 6.46. The van der Waals surface area contributed by atoms with Crippen LogP contribution in [0.1, 0.15) is 89.7 Å². The predicted octanol–water partition coefficient (Wildman–Crippen LogP) is 7.43. The fourth-order valence-corrected chi connectivity index (χ4v) is 5.28. The number of carbonyl (C=O) groups excluding carboxylic acids is 2. The van der Waals surface area contributed by atoms with Crippen molar-refractivity contribution >= 4 is 33.4 Å². The van der Waals surface area contributed by atoms with Gasteiger partial charge in [0, 0.05) is 51.0 Å². The number of fused-ring (bicyclic) bond motifs is 2. The number of rotatable bonds is 8. The van der Waals surface area contributed by atoms with Gasteiger partial charge < -0.3 is 0 Å². The summed E-state index contributed by atoms with van der Waals surface area (Å²) in [4.78, 5) is 36.9. The molecule has 1 unspecified atom stereocenters. The number of hydrogen-bond acceptors (Lipinski definition) is 4. The topological polar surface area (TPSA) is 59.9 Å². The van der Waals surface area contributed by atoms with Gasteiger partial charge in [-0.15, -0.1) is 0 Å². The van der Waals surface area contributed by atoms with Crippen molar-refractivity contribution in [3.8, 4) is 0 Å². The monoisotopic (exact) mass is 478 g/mol. The number of aromatic nitrogens is 2. The van der Waals surface area contributed by atoms with Gasteiger partial charge in [-0.2, -0.15) is 0 Å². The summed E-state index contributed by atoms with van der Waals surface area (Å²) < 4.78 is 0. The molecule has 36 heavy (non-hydrogen) atoms. The first-order chi connectivity index (χ1) is 17.3. The molecule has 0 radical (unpaired) electrons. The number of Topliss-reactive ketones (excluding diaryl/α,β-unsaturated/α-hetero) is 2. The van der Waals surface area contributed by atoms with E-state index in [1.807, 2.05) is 70.2 Å². The van der Waals surface area contributed by atoms with E-state index in [2.05, 4.69) is 13.0 Å². The van der Waals surface area contributed by atoms with E-state index in [1.54, 1.807) is 0 Å². The van der Waals surface area contributed by atoms with Gasteiger partial charge in [-0.05, 0) is 55.9 Å². The minimum atomic E-state index is -0.236. The van der Waals surface area contributed by atoms with E-state index in [4.69, 9.17) is 9.97 Å². The number of aryl methyl sites for hydroxylation is 1. The van der Waals surface area contributed by atoms with Gasteiger partial charge >= 0.3 is 0 Å². The van der Waals surface area contributed by atoms with Crippen molar-refractivity contribution in [1.29, 1.82) is 0 Å². The maximum atomic E-state index is 13.9. The third kappa shape index (κ3) is 4.34. The molecule has 0 bridgehead atoms. The first-order valence-corrected chi connectivity index (χ1v) is 13.2. The summed E-state index contributed by atoms with van der Waals surface area (Å²) in [6, 6.07) is 16.0. The van der Waals surface area contributed by atoms with E-state index < -0.39 is 0 Å².